The van der Waals surface area contributed by atoms with Gasteiger partial charge in [-0.15, -0.1) is 0 Å². The largest absolute Gasteiger partial charge is 0.508 e. The van der Waals surface area contributed by atoms with Gasteiger partial charge in [-0.2, -0.15) is 0 Å². The first kappa shape index (κ1) is 13.4. The fourth-order valence-corrected chi connectivity index (χ4v) is 0.973. The molecule has 0 bridgehead atoms. The SMILES string of the molecule is N[C@@H](Cc1ccc(O)cc1)C(=O)O.[O]O. The molecule has 6 nitrogen and oxygen atoms in total. The first-order valence-electron chi connectivity index (χ1n) is 4.04. The van der Waals surface area contributed by atoms with Crippen molar-refractivity contribution in [2.24, 2.45) is 5.73 Å². The standard InChI is InChI=1S/C9H11NO3.HO2/c10-8(9(12)13)5-6-1-3-7(11)4-2-6;1-2/h1-4,8,11H,5,10H2,(H,12,13);1H/t8-;/m0./s1. The van der Waals surface area contributed by atoms with E-state index in [0.717, 1.165) is 5.56 Å². The van der Waals surface area contributed by atoms with Gasteiger partial charge in [0, 0.05) is 0 Å². The van der Waals surface area contributed by atoms with Gasteiger partial charge in [0.2, 0.25) is 0 Å². The van der Waals surface area contributed by atoms with Gasteiger partial charge in [0.25, 0.3) is 0 Å². The number of carboxylic acid groups (broad SMARTS) is 1. The van der Waals surface area contributed by atoms with Gasteiger partial charge in [0.15, 0.2) is 0 Å². The summed E-state index contributed by atoms with van der Waals surface area (Å²) in [6.07, 6.45) is 0.273. The maximum Gasteiger partial charge on any atom is 0.320 e. The molecule has 1 rings (SSSR count). The number of nitrogens with two attached hydrogens (primary N) is 1. The Balaban J connectivity index is 0.000000921. The molecule has 0 aliphatic carbocycles. The molecule has 0 unspecified atom stereocenters. The van der Waals surface area contributed by atoms with E-state index in [2.05, 4.69) is 0 Å². The average Bonchev–Trinajstić information content (AvgIpc) is 2.24. The molecule has 0 saturated carbocycles. The normalized spacial score (nSPS) is 11.1. The maximum absolute atomic E-state index is 10.4. The Morgan fingerprint density at radius 2 is 1.73 bits per heavy atom. The number of carboxylic acids is 1. The zero-order chi connectivity index (χ0) is 11.8. The molecule has 1 radical (unpaired) electrons. The molecule has 83 valence electrons. The highest BCUT2D eigenvalue weighted by molar-refractivity contribution is 5.73. The van der Waals surface area contributed by atoms with E-state index in [4.69, 9.17) is 26.5 Å². The lowest BCUT2D eigenvalue weighted by Gasteiger charge is -2.05. The smallest absolute Gasteiger partial charge is 0.320 e. The van der Waals surface area contributed by atoms with Crippen LogP contribution in [0.1, 0.15) is 5.56 Å². The van der Waals surface area contributed by atoms with E-state index in [-0.39, 0.29) is 12.2 Å². The van der Waals surface area contributed by atoms with E-state index in [1.165, 1.54) is 12.1 Å². The number of rotatable bonds is 3. The Labute approximate surface area is 86.1 Å². The van der Waals surface area contributed by atoms with Crippen molar-refractivity contribution in [3.8, 4) is 5.75 Å². The summed E-state index contributed by atoms with van der Waals surface area (Å²) in [5.41, 5.74) is 6.12. The number of aromatic hydroxyl groups is 1. The highest BCUT2D eigenvalue weighted by Crippen LogP contribution is 2.10. The highest BCUT2D eigenvalue weighted by Gasteiger charge is 2.11. The van der Waals surface area contributed by atoms with E-state index >= 15 is 0 Å². The van der Waals surface area contributed by atoms with Gasteiger partial charge >= 0.3 is 5.97 Å². The third kappa shape index (κ3) is 4.96. The molecule has 5 N–H and O–H groups in total. The quantitative estimate of drug-likeness (QED) is 0.423. The summed E-state index contributed by atoms with van der Waals surface area (Å²) in [5, 5.41) is 30.5. The van der Waals surface area contributed by atoms with Crippen molar-refractivity contribution in [2.75, 3.05) is 0 Å². The number of phenolic OH excluding ortho intramolecular Hbond substituents is 1. The molecule has 0 aliphatic rings. The van der Waals surface area contributed by atoms with Crippen molar-refractivity contribution < 1.29 is 25.5 Å². The topological polar surface area (TPSA) is 124 Å². The van der Waals surface area contributed by atoms with Gasteiger partial charge < -0.3 is 15.9 Å². The molecule has 0 aromatic heterocycles. The Kier molecular flexibility index (Phi) is 6.03. The Morgan fingerprint density at radius 3 is 2.13 bits per heavy atom. The molecule has 1 aromatic carbocycles. The molecular formula is C9H12NO5. The zero-order valence-electron chi connectivity index (χ0n) is 7.83. The van der Waals surface area contributed by atoms with Gasteiger partial charge in [-0.05, 0) is 29.4 Å². The summed E-state index contributed by atoms with van der Waals surface area (Å²) >= 11 is 0. The lowest BCUT2D eigenvalue weighted by Crippen LogP contribution is -2.32. The fourth-order valence-electron chi connectivity index (χ4n) is 0.973. The number of benzene rings is 1. The van der Waals surface area contributed by atoms with Gasteiger partial charge in [-0.25, -0.2) is 5.26 Å². The lowest BCUT2D eigenvalue weighted by atomic mass is 10.1. The van der Waals surface area contributed by atoms with Crippen LogP contribution in [0.3, 0.4) is 0 Å². The molecule has 6 heteroatoms. The molecule has 0 amide bonds. The van der Waals surface area contributed by atoms with Gasteiger partial charge in [-0.1, -0.05) is 12.1 Å². The van der Waals surface area contributed by atoms with Crippen LogP contribution in [0.5, 0.6) is 5.75 Å². The van der Waals surface area contributed by atoms with Crippen LogP contribution in [0.15, 0.2) is 24.3 Å². The van der Waals surface area contributed by atoms with E-state index in [1.54, 1.807) is 12.1 Å². The fraction of sp³-hybridized carbons (Fsp3) is 0.222. The highest BCUT2D eigenvalue weighted by atomic mass is 17.0. The molecule has 0 aliphatic heterocycles. The monoisotopic (exact) mass is 214 g/mol. The van der Waals surface area contributed by atoms with Crippen LogP contribution in [0.25, 0.3) is 0 Å². The van der Waals surface area contributed by atoms with Crippen molar-refractivity contribution in [1.82, 2.24) is 0 Å². The predicted octanol–water partition coefficient (Wildman–Crippen LogP) is 0.237. The van der Waals surface area contributed by atoms with Crippen molar-refractivity contribution in [2.45, 2.75) is 12.5 Å². The third-order valence-corrected chi connectivity index (χ3v) is 1.71. The zero-order valence-corrected chi connectivity index (χ0v) is 7.83. The molecule has 0 saturated heterocycles. The van der Waals surface area contributed by atoms with Gasteiger partial charge in [0.05, 0.1) is 0 Å². The average molecular weight is 214 g/mol. The van der Waals surface area contributed by atoms with Crippen LogP contribution >= 0.6 is 0 Å². The second kappa shape index (κ2) is 6.77. The lowest BCUT2D eigenvalue weighted by molar-refractivity contribution is -0.247. The van der Waals surface area contributed by atoms with Crippen LogP contribution in [-0.4, -0.2) is 27.5 Å². The molecule has 0 spiro atoms. The van der Waals surface area contributed by atoms with Crippen LogP contribution in [-0.2, 0) is 16.5 Å². The number of hydrogen-bond donors (Lipinski definition) is 4. The van der Waals surface area contributed by atoms with Gasteiger partial charge in [-0.3, -0.25) is 4.79 Å². The Hall–Kier alpha value is -1.63. The Bertz CT molecular complexity index is 298. The second-order valence-corrected chi connectivity index (χ2v) is 2.82. The van der Waals surface area contributed by atoms with Crippen LogP contribution < -0.4 is 5.73 Å². The second-order valence-electron chi connectivity index (χ2n) is 2.82. The summed E-state index contributed by atoms with van der Waals surface area (Å²) in [6.45, 7) is 0. The summed E-state index contributed by atoms with van der Waals surface area (Å²) in [7, 11) is 0. The molecule has 0 heterocycles. The first-order chi connectivity index (χ1) is 7.09. The minimum absolute atomic E-state index is 0.160. The number of aliphatic carboxylic acids is 1. The van der Waals surface area contributed by atoms with E-state index in [0.29, 0.717) is 0 Å². The van der Waals surface area contributed by atoms with Crippen LogP contribution in [0.4, 0.5) is 0 Å². The van der Waals surface area contributed by atoms with E-state index in [9.17, 15) is 4.79 Å². The summed E-state index contributed by atoms with van der Waals surface area (Å²) in [4.78, 5) is 10.4. The van der Waals surface area contributed by atoms with Crippen LogP contribution in [0.2, 0.25) is 0 Å². The van der Waals surface area contributed by atoms with Crippen LogP contribution in [0, 0.1) is 0 Å². The number of carbonyl (C=O) groups is 1. The first-order valence-corrected chi connectivity index (χ1v) is 4.04. The molecule has 0 fully saturated rings. The molecule has 1 aromatic rings. The van der Waals surface area contributed by atoms with E-state index in [1.807, 2.05) is 0 Å². The van der Waals surface area contributed by atoms with E-state index < -0.39 is 12.0 Å². The van der Waals surface area contributed by atoms with Crippen molar-refractivity contribution in [3.63, 3.8) is 0 Å². The van der Waals surface area contributed by atoms with Crippen molar-refractivity contribution in [3.05, 3.63) is 29.8 Å². The van der Waals surface area contributed by atoms with Gasteiger partial charge in [0.1, 0.15) is 11.8 Å². The minimum Gasteiger partial charge on any atom is -0.508 e. The molecule has 1 atom stereocenters. The predicted molar refractivity (Wildman–Crippen MR) is 50.7 cm³/mol. The molecule has 15 heavy (non-hydrogen) atoms. The number of phenols is 1. The van der Waals surface area contributed by atoms with Crippen molar-refractivity contribution in [1.29, 1.82) is 0 Å². The minimum atomic E-state index is -1.02. The summed E-state index contributed by atoms with van der Waals surface area (Å²) < 4.78 is 0. The number of hydrogen-bond acceptors (Lipinski definition) is 4. The summed E-state index contributed by atoms with van der Waals surface area (Å²) in [5.74, 6) is -0.860. The maximum atomic E-state index is 10.4. The summed E-state index contributed by atoms with van der Waals surface area (Å²) in [6, 6.07) is 5.42. The van der Waals surface area contributed by atoms with Crippen molar-refractivity contribution >= 4 is 5.97 Å². The molecular weight excluding hydrogens is 202 g/mol. The third-order valence-electron chi connectivity index (χ3n) is 1.71. The Morgan fingerprint density at radius 1 is 1.27 bits per heavy atom.